The second kappa shape index (κ2) is 8.51. The van der Waals surface area contributed by atoms with Gasteiger partial charge in [-0.3, -0.25) is 4.79 Å². The molecule has 5 fully saturated rings. The molecule has 4 aliphatic carbocycles. The van der Waals surface area contributed by atoms with Gasteiger partial charge in [-0.15, -0.1) is 4.83 Å². The number of rotatable bonds is 6. The molecule has 1 aromatic carbocycles. The number of halogens is 2. The number of ether oxygens (including phenoxy) is 1. The molecule has 0 aromatic heterocycles. The van der Waals surface area contributed by atoms with Crippen molar-refractivity contribution in [2.45, 2.75) is 43.4 Å². The smallest absolute Gasteiger partial charge is 0.256 e. The molecule has 10 heteroatoms. The molecule has 1 amide bonds. The second-order valence-electron chi connectivity index (χ2n) is 10.1. The van der Waals surface area contributed by atoms with Crippen LogP contribution in [0.1, 0.15) is 48.9 Å². The zero-order valence-electron chi connectivity index (χ0n) is 17.9. The maximum absolute atomic E-state index is 14.6. The van der Waals surface area contributed by atoms with Gasteiger partial charge in [-0.05, 0) is 73.8 Å². The molecule has 2 N–H and O–H groups in total. The van der Waals surface area contributed by atoms with E-state index in [1.54, 1.807) is 0 Å². The van der Waals surface area contributed by atoms with Crippen LogP contribution >= 0.6 is 11.6 Å². The van der Waals surface area contributed by atoms with E-state index in [9.17, 15) is 17.6 Å². The Bertz CT molecular complexity index is 977. The second-order valence-corrected chi connectivity index (χ2v) is 12.1. The van der Waals surface area contributed by atoms with Crippen LogP contribution in [0.4, 0.5) is 4.39 Å². The average molecular weight is 486 g/mol. The molecule has 1 aromatic rings. The van der Waals surface area contributed by atoms with E-state index in [1.807, 2.05) is 0 Å². The number of sulfonamides is 1. The summed E-state index contributed by atoms with van der Waals surface area (Å²) in [6.07, 6.45) is 7.36. The normalized spacial score (nSPS) is 32.2. The van der Waals surface area contributed by atoms with Gasteiger partial charge in [0.15, 0.2) is 0 Å². The van der Waals surface area contributed by atoms with Gasteiger partial charge in [-0.2, -0.15) is 0 Å². The summed E-state index contributed by atoms with van der Waals surface area (Å²) in [6.45, 7) is 2.02. The van der Waals surface area contributed by atoms with Crippen molar-refractivity contribution < 1.29 is 22.3 Å². The number of hydrazine groups is 1. The van der Waals surface area contributed by atoms with Crippen LogP contribution in [0.25, 0.3) is 0 Å². The largest absolute Gasteiger partial charge is 0.379 e. The maximum atomic E-state index is 14.6. The summed E-state index contributed by atoms with van der Waals surface area (Å²) < 4.78 is 45.3. The van der Waals surface area contributed by atoms with Crippen LogP contribution in [0.5, 0.6) is 0 Å². The molecule has 7 nitrogen and oxygen atoms in total. The Kier molecular flexibility index (Phi) is 5.99. The topological polar surface area (TPSA) is 87.7 Å². The summed E-state index contributed by atoms with van der Waals surface area (Å²) in [5.41, 5.74) is 0.101. The van der Waals surface area contributed by atoms with Gasteiger partial charge < -0.3 is 10.1 Å². The van der Waals surface area contributed by atoms with Crippen LogP contribution in [0, 0.1) is 29.0 Å². The predicted octanol–water partition coefficient (Wildman–Crippen LogP) is 2.95. The lowest BCUT2D eigenvalue weighted by Crippen LogP contribution is -2.51. The minimum absolute atomic E-state index is 0.0276. The van der Waals surface area contributed by atoms with Crippen LogP contribution in [-0.4, -0.2) is 52.2 Å². The Hall–Kier alpha value is -1.26. The third-order valence-electron chi connectivity index (χ3n) is 7.61. The van der Waals surface area contributed by atoms with Crippen molar-refractivity contribution >= 4 is 27.5 Å². The number of amides is 1. The summed E-state index contributed by atoms with van der Waals surface area (Å²) in [4.78, 5) is 14.8. The van der Waals surface area contributed by atoms with Gasteiger partial charge >= 0.3 is 0 Å². The molecule has 0 radical (unpaired) electrons. The lowest BCUT2D eigenvalue weighted by atomic mass is 9.49. The van der Waals surface area contributed by atoms with E-state index < -0.39 is 26.6 Å². The Labute approximate surface area is 193 Å². The van der Waals surface area contributed by atoms with E-state index >= 15 is 0 Å². The first kappa shape index (κ1) is 22.5. The number of morpholine rings is 1. The van der Waals surface area contributed by atoms with Crippen LogP contribution in [-0.2, 0) is 14.8 Å². The van der Waals surface area contributed by atoms with E-state index in [4.69, 9.17) is 16.3 Å². The van der Waals surface area contributed by atoms with Crippen molar-refractivity contribution in [3.63, 3.8) is 0 Å². The number of hydrogen-bond donors (Lipinski definition) is 2. The van der Waals surface area contributed by atoms with Crippen molar-refractivity contribution in [1.82, 2.24) is 15.2 Å². The van der Waals surface area contributed by atoms with Gasteiger partial charge in [-0.25, -0.2) is 17.8 Å². The number of nitrogens with one attached hydrogen (secondary N) is 2. The van der Waals surface area contributed by atoms with E-state index in [1.165, 1.54) is 24.3 Å². The lowest BCUT2D eigenvalue weighted by Gasteiger charge is -2.56. The van der Waals surface area contributed by atoms with Gasteiger partial charge in [0.2, 0.25) is 0 Å². The van der Waals surface area contributed by atoms with Gasteiger partial charge in [0, 0.05) is 19.6 Å². The Morgan fingerprint density at radius 2 is 1.72 bits per heavy atom. The zero-order valence-corrected chi connectivity index (χ0v) is 19.5. The molecular weight excluding hydrogens is 457 g/mol. The first-order chi connectivity index (χ1) is 15.2. The standard InChI is InChI=1S/C22H29ClFN3O4S/c23-18-9-19(24)20(32(29,30)26-27-1-3-31-4-2-27)8-17(18)21(28)25-13-22-10-14-5-15(11-22)7-16(6-14)12-22/h8-9,14-16,26H,1-7,10-13H2,(H,25,28). The van der Waals surface area contributed by atoms with E-state index in [0.717, 1.165) is 49.1 Å². The molecule has 6 rings (SSSR count). The highest BCUT2D eigenvalue weighted by atomic mass is 35.5. The molecule has 176 valence electrons. The quantitative estimate of drug-likeness (QED) is 0.647. The molecule has 1 saturated heterocycles. The monoisotopic (exact) mass is 485 g/mol. The van der Waals surface area contributed by atoms with E-state index in [-0.39, 0.29) is 16.0 Å². The summed E-state index contributed by atoms with van der Waals surface area (Å²) in [5.74, 6) is 0.823. The number of hydrogen-bond acceptors (Lipinski definition) is 5. The van der Waals surface area contributed by atoms with Crippen molar-refractivity contribution in [2.75, 3.05) is 32.8 Å². The number of benzene rings is 1. The van der Waals surface area contributed by atoms with Crippen LogP contribution in [0.15, 0.2) is 17.0 Å². The molecule has 0 spiro atoms. The van der Waals surface area contributed by atoms with Crippen molar-refractivity contribution in [3.8, 4) is 0 Å². The van der Waals surface area contributed by atoms with Crippen LogP contribution in [0.2, 0.25) is 5.02 Å². The van der Waals surface area contributed by atoms with Gasteiger partial charge in [0.05, 0.1) is 23.8 Å². The van der Waals surface area contributed by atoms with E-state index in [0.29, 0.717) is 32.8 Å². The van der Waals surface area contributed by atoms with Crippen LogP contribution < -0.4 is 10.1 Å². The molecule has 4 bridgehead atoms. The van der Waals surface area contributed by atoms with Gasteiger partial charge in [0.1, 0.15) is 10.7 Å². The maximum Gasteiger partial charge on any atom is 0.256 e. The van der Waals surface area contributed by atoms with Gasteiger partial charge in [-0.1, -0.05) is 11.6 Å². The fourth-order valence-corrected chi connectivity index (χ4v) is 8.10. The molecule has 0 unspecified atom stereocenters. The fourth-order valence-electron chi connectivity index (χ4n) is 6.65. The highest BCUT2D eigenvalue weighted by Crippen LogP contribution is 2.59. The SMILES string of the molecule is O=C(NCC12CC3CC(CC(C3)C1)C2)c1cc(S(=O)(=O)NN2CCOCC2)c(F)cc1Cl. The Balaban J connectivity index is 1.31. The predicted molar refractivity (Wildman–Crippen MR) is 117 cm³/mol. The number of carbonyl (C=O) groups is 1. The molecule has 5 aliphatic rings. The molecular formula is C22H29ClFN3O4S. The summed E-state index contributed by atoms with van der Waals surface area (Å²) in [7, 11) is -4.21. The fraction of sp³-hybridized carbons (Fsp3) is 0.682. The minimum atomic E-state index is -4.21. The molecule has 32 heavy (non-hydrogen) atoms. The first-order valence-corrected chi connectivity index (χ1v) is 13.2. The molecule has 0 atom stereocenters. The molecule has 1 aliphatic heterocycles. The summed E-state index contributed by atoms with van der Waals surface area (Å²) in [6, 6.07) is 1.94. The number of carbonyl (C=O) groups excluding carboxylic acids is 1. The summed E-state index contributed by atoms with van der Waals surface area (Å²) in [5, 5.41) is 4.35. The Morgan fingerprint density at radius 3 is 2.31 bits per heavy atom. The van der Waals surface area contributed by atoms with Crippen molar-refractivity contribution in [2.24, 2.45) is 23.2 Å². The molecule has 1 heterocycles. The van der Waals surface area contributed by atoms with Crippen molar-refractivity contribution in [1.29, 1.82) is 0 Å². The highest BCUT2D eigenvalue weighted by molar-refractivity contribution is 7.89. The minimum Gasteiger partial charge on any atom is -0.379 e. The van der Waals surface area contributed by atoms with Crippen LogP contribution in [0.3, 0.4) is 0 Å². The Morgan fingerprint density at radius 1 is 1.12 bits per heavy atom. The molecule has 4 saturated carbocycles. The van der Waals surface area contributed by atoms with Crippen molar-refractivity contribution in [3.05, 3.63) is 28.5 Å². The third kappa shape index (κ3) is 4.42. The lowest BCUT2D eigenvalue weighted by molar-refractivity contribution is -0.0503. The van der Waals surface area contributed by atoms with Gasteiger partial charge in [0.25, 0.3) is 15.9 Å². The zero-order chi connectivity index (χ0) is 22.5. The summed E-state index contributed by atoms with van der Waals surface area (Å²) >= 11 is 6.15. The highest BCUT2D eigenvalue weighted by Gasteiger charge is 2.50. The average Bonchev–Trinajstić information content (AvgIpc) is 2.71. The van der Waals surface area contributed by atoms with E-state index in [2.05, 4.69) is 10.1 Å². The first-order valence-electron chi connectivity index (χ1n) is 11.4. The third-order valence-corrected chi connectivity index (χ3v) is 9.31. The number of nitrogens with zero attached hydrogens (tertiary/aromatic N) is 1.